The van der Waals surface area contributed by atoms with Gasteiger partial charge >= 0.3 is 0 Å². The largest absolute Gasteiger partial charge is 0.342 e. The fraction of sp³-hybridized carbons (Fsp3) is 0.818. The zero-order valence-corrected chi connectivity index (χ0v) is 8.87. The van der Waals surface area contributed by atoms with E-state index in [4.69, 9.17) is 0 Å². The number of hydrogen-bond acceptors (Lipinski definition) is 2. The molecule has 0 saturated carbocycles. The minimum Gasteiger partial charge on any atom is -0.342 e. The zero-order valence-electron chi connectivity index (χ0n) is 8.87. The van der Waals surface area contributed by atoms with E-state index in [9.17, 15) is 4.79 Å². The Labute approximate surface area is 86.9 Å². The van der Waals surface area contributed by atoms with E-state index in [2.05, 4.69) is 12.2 Å². The lowest BCUT2D eigenvalue weighted by atomic mass is 10.1. The lowest BCUT2D eigenvalue weighted by Gasteiger charge is -2.31. The van der Waals surface area contributed by atoms with Gasteiger partial charge in [0.25, 0.3) is 0 Å². The fourth-order valence-corrected chi connectivity index (χ4v) is 1.88. The molecule has 3 nitrogen and oxygen atoms in total. The number of unbranched alkanes of at least 4 members (excludes halogenated alkanes) is 3. The summed E-state index contributed by atoms with van der Waals surface area (Å²) in [7, 11) is 0. The van der Waals surface area contributed by atoms with Crippen molar-refractivity contribution >= 4 is 6.41 Å². The molecule has 1 atom stereocenters. The highest BCUT2D eigenvalue weighted by atomic mass is 16.1. The van der Waals surface area contributed by atoms with Gasteiger partial charge in [0.15, 0.2) is 0 Å². The first-order valence-electron chi connectivity index (χ1n) is 5.59. The highest BCUT2D eigenvalue weighted by Gasteiger charge is 2.16. The number of rotatable bonds is 6. The minimum atomic E-state index is 0.513. The van der Waals surface area contributed by atoms with Crippen molar-refractivity contribution < 1.29 is 4.79 Å². The molecule has 1 aliphatic rings. The van der Waals surface area contributed by atoms with Gasteiger partial charge < -0.3 is 10.2 Å². The van der Waals surface area contributed by atoms with Crippen LogP contribution in [0.2, 0.25) is 0 Å². The van der Waals surface area contributed by atoms with E-state index in [1.807, 2.05) is 4.90 Å². The van der Waals surface area contributed by atoms with E-state index < -0.39 is 0 Å². The number of carbonyl (C=O) groups is 1. The van der Waals surface area contributed by atoms with Crippen LogP contribution in [0.1, 0.15) is 32.1 Å². The molecule has 3 heteroatoms. The summed E-state index contributed by atoms with van der Waals surface area (Å²) in [6, 6.07) is 0.513. The Morgan fingerprint density at radius 2 is 2.29 bits per heavy atom. The Morgan fingerprint density at radius 3 is 3.00 bits per heavy atom. The highest BCUT2D eigenvalue weighted by Crippen LogP contribution is 2.08. The molecule has 0 aromatic rings. The Hall–Kier alpha value is -0.570. The van der Waals surface area contributed by atoms with Gasteiger partial charge in [0.2, 0.25) is 6.41 Å². The summed E-state index contributed by atoms with van der Waals surface area (Å²) >= 11 is 0. The molecule has 1 rings (SSSR count). The summed E-state index contributed by atoms with van der Waals surface area (Å²) in [5.41, 5.74) is 0. The van der Waals surface area contributed by atoms with Crippen molar-refractivity contribution in [2.24, 2.45) is 0 Å². The summed E-state index contributed by atoms with van der Waals surface area (Å²) in [4.78, 5) is 12.4. The molecule has 1 saturated heterocycles. The van der Waals surface area contributed by atoms with Crippen LogP contribution in [0, 0.1) is 6.92 Å². The Balaban J connectivity index is 2.08. The van der Waals surface area contributed by atoms with Gasteiger partial charge in [-0.3, -0.25) is 4.79 Å². The molecule has 1 unspecified atom stereocenters. The van der Waals surface area contributed by atoms with E-state index in [1.165, 1.54) is 25.7 Å². The molecule has 1 amide bonds. The maximum Gasteiger partial charge on any atom is 0.209 e. The van der Waals surface area contributed by atoms with E-state index in [0.717, 1.165) is 32.5 Å². The molecule has 0 aliphatic carbocycles. The summed E-state index contributed by atoms with van der Waals surface area (Å²) in [5, 5.41) is 3.44. The van der Waals surface area contributed by atoms with Gasteiger partial charge in [-0.05, 0) is 6.42 Å². The first kappa shape index (κ1) is 11.5. The Morgan fingerprint density at radius 1 is 1.43 bits per heavy atom. The molecule has 0 bridgehead atoms. The third-order valence-corrected chi connectivity index (χ3v) is 2.74. The first-order chi connectivity index (χ1) is 6.86. The highest BCUT2D eigenvalue weighted by molar-refractivity contribution is 5.47. The molecule has 1 N–H and O–H groups in total. The van der Waals surface area contributed by atoms with Gasteiger partial charge in [-0.25, -0.2) is 0 Å². The molecule has 1 heterocycles. The molecular weight excluding hydrogens is 176 g/mol. The van der Waals surface area contributed by atoms with Gasteiger partial charge in [0.1, 0.15) is 0 Å². The van der Waals surface area contributed by atoms with Crippen LogP contribution in [0.4, 0.5) is 0 Å². The van der Waals surface area contributed by atoms with Crippen LogP contribution in [-0.2, 0) is 4.79 Å². The van der Waals surface area contributed by atoms with E-state index in [1.54, 1.807) is 0 Å². The minimum absolute atomic E-state index is 0.513. The van der Waals surface area contributed by atoms with Crippen LogP contribution >= 0.6 is 0 Å². The summed E-state index contributed by atoms with van der Waals surface area (Å²) < 4.78 is 0. The second-order valence-electron chi connectivity index (χ2n) is 3.95. The van der Waals surface area contributed by atoms with Crippen LogP contribution in [0.15, 0.2) is 0 Å². The van der Waals surface area contributed by atoms with Crippen LogP contribution in [-0.4, -0.2) is 37.0 Å². The molecule has 81 valence electrons. The summed E-state index contributed by atoms with van der Waals surface area (Å²) in [6.45, 7) is 6.51. The second-order valence-corrected chi connectivity index (χ2v) is 3.95. The molecule has 0 spiro atoms. The van der Waals surface area contributed by atoms with Gasteiger partial charge in [-0.2, -0.15) is 0 Å². The van der Waals surface area contributed by atoms with Crippen LogP contribution in [0.3, 0.4) is 0 Å². The number of carbonyl (C=O) groups excluding carboxylic acids is 1. The average molecular weight is 197 g/mol. The SMILES string of the molecule is [CH2]CCCCCC1CN(C=O)CCN1. The van der Waals surface area contributed by atoms with E-state index in [-0.39, 0.29) is 0 Å². The van der Waals surface area contributed by atoms with E-state index >= 15 is 0 Å². The summed E-state index contributed by atoms with van der Waals surface area (Å²) in [5.74, 6) is 0. The monoisotopic (exact) mass is 197 g/mol. The van der Waals surface area contributed by atoms with Gasteiger partial charge in [-0.1, -0.05) is 32.6 Å². The third kappa shape index (κ3) is 4.09. The number of piperazine rings is 1. The summed E-state index contributed by atoms with van der Waals surface area (Å²) in [6.07, 6.45) is 6.93. The maximum atomic E-state index is 10.6. The third-order valence-electron chi connectivity index (χ3n) is 2.74. The predicted molar refractivity (Wildman–Crippen MR) is 57.9 cm³/mol. The van der Waals surface area contributed by atoms with Crippen molar-refractivity contribution in [3.8, 4) is 0 Å². The van der Waals surface area contributed by atoms with Crippen molar-refractivity contribution in [2.75, 3.05) is 19.6 Å². The van der Waals surface area contributed by atoms with Crippen LogP contribution in [0.25, 0.3) is 0 Å². The lowest BCUT2D eigenvalue weighted by molar-refractivity contribution is -0.119. The van der Waals surface area contributed by atoms with E-state index in [0.29, 0.717) is 6.04 Å². The number of hydrogen-bond donors (Lipinski definition) is 1. The average Bonchev–Trinajstić information content (AvgIpc) is 2.25. The first-order valence-corrected chi connectivity index (χ1v) is 5.59. The quantitative estimate of drug-likeness (QED) is 0.512. The van der Waals surface area contributed by atoms with Crippen LogP contribution < -0.4 is 5.32 Å². The van der Waals surface area contributed by atoms with Gasteiger partial charge in [0.05, 0.1) is 0 Å². The van der Waals surface area contributed by atoms with Crippen molar-refractivity contribution in [2.45, 2.75) is 38.1 Å². The molecule has 1 radical (unpaired) electrons. The second kappa shape index (κ2) is 6.82. The smallest absolute Gasteiger partial charge is 0.209 e. The maximum absolute atomic E-state index is 10.6. The number of nitrogens with one attached hydrogen (secondary N) is 1. The topological polar surface area (TPSA) is 32.3 Å². The molecule has 0 aromatic carbocycles. The van der Waals surface area contributed by atoms with Crippen molar-refractivity contribution in [1.29, 1.82) is 0 Å². The zero-order chi connectivity index (χ0) is 10.2. The fourth-order valence-electron chi connectivity index (χ4n) is 1.88. The molecule has 14 heavy (non-hydrogen) atoms. The lowest BCUT2D eigenvalue weighted by Crippen LogP contribution is -2.49. The van der Waals surface area contributed by atoms with Gasteiger partial charge in [0, 0.05) is 25.7 Å². The van der Waals surface area contributed by atoms with Gasteiger partial charge in [-0.15, -0.1) is 0 Å². The van der Waals surface area contributed by atoms with Crippen LogP contribution in [0.5, 0.6) is 0 Å². The number of nitrogens with zero attached hydrogens (tertiary/aromatic N) is 1. The Bertz CT molecular complexity index is 161. The molecular formula is C11H21N2O. The Kier molecular flexibility index (Phi) is 5.60. The van der Waals surface area contributed by atoms with Crippen molar-refractivity contribution in [3.63, 3.8) is 0 Å². The molecule has 1 aliphatic heterocycles. The number of amides is 1. The normalized spacial score (nSPS) is 22.4. The molecule has 0 aromatic heterocycles. The molecule has 1 fully saturated rings. The van der Waals surface area contributed by atoms with Crippen molar-refractivity contribution in [3.05, 3.63) is 6.92 Å². The predicted octanol–water partition coefficient (Wildman–Crippen LogP) is 1.20. The standard InChI is InChI=1S/C11H21N2O/c1-2-3-4-5-6-11-9-13(10-14)8-7-12-11/h10-12H,1-9H2. The van der Waals surface area contributed by atoms with Crippen molar-refractivity contribution in [1.82, 2.24) is 10.2 Å².